The highest BCUT2D eigenvalue weighted by Crippen LogP contribution is 2.49. The van der Waals surface area contributed by atoms with Crippen LogP contribution in [0.3, 0.4) is 0 Å². The van der Waals surface area contributed by atoms with Crippen molar-refractivity contribution >= 4 is 69.3 Å². The SMILES string of the molecule is CCCCC(=O)Nc1cc(-c2ccc(C3=C4C(=O)N(CC(C)CC)C(c5cccs5)=C4C(=O)N3CC(C)CC)s2)cc(NC(=O)CCCC)n1. The fourth-order valence-electron chi connectivity index (χ4n) is 6.06. The van der Waals surface area contributed by atoms with E-state index < -0.39 is 0 Å². The first-order chi connectivity index (χ1) is 24.1. The van der Waals surface area contributed by atoms with E-state index in [1.807, 2.05) is 65.4 Å². The van der Waals surface area contributed by atoms with Gasteiger partial charge in [-0.25, -0.2) is 4.98 Å². The summed E-state index contributed by atoms with van der Waals surface area (Å²) in [5, 5.41) is 7.80. The average Bonchev–Trinajstić information content (AvgIpc) is 3.90. The maximum Gasteiger partial charge on any atom is 0.261 e. The van der Waals surface area contributed by atoms with Gasteiger partial charge in [-0.15, -0.1) is 22.7 Å². The lowest BCUT2D eigenvalue weighted by atomic mass is 10.1. The summed E-state index contributed by atoms with van der Waals surface area (Å²) in [5.74, 6) is 0.674. The molecule has 3 aromatic rings. The molecule has 9 nitrogen and oxygen atoms in total. The number of carbonyl (C=O) groups is 4. The van der Waals surface area contributed by atoms with Crippen LogP contribution in [0.25, 0.3) is 21.8 Å². The van der Waals surface area contributed by atoms with Crippen LogP contribution in [0.15, 0.2) is 52.9 Å². The third kappa shape index (κ3) is 8.10. The number of nitrogens with one attached hydrogen (secondary N) is 2. The van der Waals surface area contributed by atoms with E-state index in [-0.39, 0.29) is 35.5 Å². The molecule has 0 aliphatic carbocycles. The van der Waals surface area contributed by atoms with Gasteiger partial charge in [0, 0.05) is 30.8 Å². The van der Waals surface area contributed by atoms with Gasteiger partial charge in [-0.3, -0.25) is 19.2 Å². The van der Waals surface area contributed by atoms with E-state index in [1.165, 1.54) is 11.3 Å². The van der Waals surface area contributed by atoms with Crippen LogP contribution >= 0.6 is 22.7 Å². The molecule has 11 heteroatoms. The highest BCUT2D eigenvalue weighted by molar-refractivity contribution is 7.16. The van der Waals surface area contributed by atoms with Gasteiger partial charge in [-0.05, 0) is 66.0 Å². The molecule has 4 amide bonds. The number of carbonyl (C=O) groups excluding carboxylic acids is 4. The molecule has 3 aromatic heterocycles. The molecule has 2 unspecified atom stereocenters. The lowest BCUT2D eigenvalue weighted by molar-refractivity contribution is -0.124. The van der Waals surface area contributed by atoms with E-state index in [4.69, 9.17) is 0 Å². The van der Waals surface area contributed by atoms with Crippen molar-refractivity contribution in [2.45, 2.75) is 92.9 Å². The molecule has 2 aliphatic rings. The number of hydrogen-bond acceptors (Lipinski definition) is 7. The van der Waals surface area contributed by atoms with Crippen molar-refractivity contribution in [3.63, 3.8) is 0 Å². The number of anilines is 2. The molecule has 0 radical (unpaired) electrons. The normalized spacial score (nSPS) is 15.6. The van der Waals surface area contributed by atoms with Crippen LogP contribution in [0.4, 0.5) is 11.6 Å². The Morgan fingerprint density at radius 1 is 0.740 bits per heavy atom. The zero-order chi connectivity index (χ0) is 35.9. The Morgan fingerprint density at radius 2 is 1.24 bits per heavy atom. The molecule has 266 valence electrons. The van der Waals surface area contributed by atoms with Gasteiger partial charge in [0.05, 0.1) is 32.3 Å². The molecule has 5 heterocycles. The predicted molar refractivity (Wildman–Crippen MR) is 204 cm³/mol. The zero-order valence-corrected chi connectivity index (χ0v) is 31.7. The Hall–Kier alpha value is -4.09. The number of pyridine rings is 1. The van der Waals surface area contributed by atoms with Crippen LogP contribution < -0.4 is 10.6 Å². The summed E-state index contributed by atoms with van der Waals surface area (Å²) in [6, 6.07) is 11.5. The van der Waals surface area contributed by atoms with E-state index in [1.54, 1.807) is 11.3 Å². The second-order valence-corrected chi connectivity index (χ2v) is 15.4. The molecule has 0 saturated heterocycles. The molecular weight excluding hydrogens is 667 g/mol. The van der Waals surface area contributed by atoms with E-state index in [9.17, 15) is 19.2 Å². The monoisotopic (exact) mass is 715 g/mol. The maximum absolute atomic E-state index is 14.5. The second-order valence-electron chi connectivity index (χ2n) is 13.4. The topological polar surface area (TPSA) is 112 Å². The maximum atomic E-state index is 14.5. The number of hydrogen-bond donors (Lipinski definition) is 2. The number of nitrogens with zero attached hydrogens (tertiary/aromatic N) is 3. The minimum atomic E-state index is -0.133. The van der Waals surface area contributed by atoms with Crippen LogP contribution in [0.5, 0.6) is 0 Å². The molecule has 0 saturated carbocycles. The van der Waals surface area contributed by atoms with Crippen LogP contribution in [0, 0.1) is 11.8 Å². The van der Waals surface area contributed by atoms with Gasteiger partial charge in [0.1, 0.15) is 11.6 Å². The van der Waals surface area contributed by atoms with Crippen molar-refractivity contribution in [1.29, 1.82) is 0 Å². The average molecular weight is 716 g/mol. The van der Waals surface area contributed by atoms with Gasteiger partial charge in [0.2, 0.25) is 11.8 Å². The van der Waals surface area contributed by atoms with Crippen molar-refractivity contribution in [3.8, 4) is 10.4 Å². The van der Waals surface area contributed by atoms with E-state index >= 15 is 0 Å². The quantitative estimate of drug-likeness (QED) is 0.145. The van der Waals surface area contributed by atoms with Crippen LogP contribution in [-0.2, 0) is 19.2 Å². The third-order valence-corrected chi connectivity index (χ3v) is 11.3. The molecule has 2 N–H and O–H groups in total. The van der Waals surface area contributed by atoms with Crippen LogP contribution in [0.1, 0.15) is 103 Å². The zero-order valence-electron chi connectivity index (χ0n) is 30.1. The Balaban J connectivity index is 1.61. The summed E-state index contributed by atoms with van der Waals surface area (Å²) in [6.07, 6.45) is 5.90. The van der Waals surface area contributed by atoms with E-state index in [2.05, 4.69) is 43.3 Å². The fourth-order valence-corrected chi connectivity index (χ4v) is 7.90. The van der Waals surface area contributed by atoms with Crippen molar-refractivity contribution in [2.75, 3.05) is 23.7 Å². The number of rotatable bonds is 17. The van der Waals surface area contributed by atoms with Gasteiger partial charge < -0.3 is 20.4 Å². The molecule has 2 aliphatic heterocycles. The van der Waals surface area contributed by atoms with Gasteiger partial charge in [0.25, 0.3) is 11.8 Å². The summed E-state index contributed by atoms with van der Waals surface area (Å²) in [5.41, 5.74) is 3.10. The van der Waals surface area contributed by atoms with Crippen molar-refractivity contribution in [1.82, 2.24) is 14.8 Å². The van der Waals surface area contributed by atoms with Gasteiger partial charge in [-0.1, -0.05) is 73.3 Å². The van der Waals surface area contributed by atoms with Crippen LogP contribution in [0.2, 0.25) is 0 Å². The summed E-state index contributed by atoms with van der Waals surface area (Å²) >= 11 is 3.02. The van der Waals surface area contributed by atoms with Crippen LogP contribution in [-0.4, -0.2) is 51.5 Å². The molecule has 0 spiro atoms. The molecule has 50 heavy (non-hydrogen) atoms. The highest BCUT2D eigenvalue weighted by atomic mass is 32.1. The first kappa shape index (κ1) is 37.2. The summed E-state index contributed by atoms with van der Waals surface area (Å²) < 4.78 is 0. The minimum absolute atomic E-state index is 0.133. The minimum Gasteiger partial charge on any atom is -0.311 e. The van der Waals surface area contributed by atoms with Crippen molar-refractivity contribution < 1.29 is 19.2 Å². The number of fused-ring (bicyclic) bond motifs is 1. The lowest BCUT2D eigenvalue weighted by Gasteiger charge is -2.27. The number of aromatic nitrogens is 1. The fraction of sp³-hybridized carbons (Fsp3) is 0.462. The molecule has 0 aromatic carbocycles. The molecular formula is C39H49N5O4S2. The third-order valence-electron chi connectivity index (χ3n) is 9.32. The number of thiophene rings is 2. The highest BCUT2D eigenvalue weighted by Gasteiger charge is 2.49. The molecule has 2 atom stereocenters. The van der Waals surface area contributed by atoms with E-state index in [0.717, 1.165) is 58.7 Å². The lowest BCUT2D eigenvalue weighted by Crippen LogP contribution is -2.33. The van der Waals surface area contributed by atoms with Gasteiger partial charge in [0.15, 0.2) is 0 Å². The smallest absolute Gasteiger partial charge is 0.261 e. The second kappa shape index (κ2) is 16.7. The van der Waals surface area contributed by atoms with Gasteiger partial charge in [-0.2, -0.15) is 0 Å². The predicted octanol–water partition coefficient (Wildman–Crippen LogP) is 9.03. The Morgan fingerprint density at radius 3 is 1.70 bits per heavy atom. The Labute approximate surface area is 303 Å². The summed E-state index contributed by atoms with van der Waals surface area (Å²) in [6.45, 7) is 13.6. The number of amides is 4. The molecule has 5 rings (SSSR count). The van der Waals surface area contributed by atoms with E-state index in [0.29, 0.717) is 60.1 Å². The summed E-state index contributed by atoms with van der Waals surface area (Å²) in [4.78, 5) is 65.1. The first-order valence-corrected chi connectivity index (χ1v) is 19.7. The first-order valence-electron chi connectivity index (χ1n) is 18.0. The Bertz CT molecular complexity index is 1750. The molecule has 0 bridgehead atoms. The largest absolute Gasteiger partial charge is 0.311 e. The van der Waals surface area contributed by atoms with Crippen molar-refractivity contribution in [3.05, 3.63) is 62.7 Å². The van der Waals surface area contributed by atoms with Crippen molar-refractivity contribution in [2.24, 2.45) is 11.8 Å². The van der Waals surface area contributed by atoms with Gasteiger partial charge >= 0.3 is 0 Å². The Kier molecular flexibility index (Phi) is 12.4. The standard InChI is InChI=1S/C39H49N5O4S2/c1-7-11-15-32(45)41-30-20-26(21-31(40-30)42-33(46)16-12-8-2)27-17-18-29(50-27)37-35-34(38(47)44(37)23-25(6)10-4)36(28-14-13-19-49-28)43(39(35)48)22-24(5)9-3/h13-14,17-21,24-25H,7-12,15-16,22-23H2,1-6H3,(H2,40,41,42,45,46). The molecule has 0 fully saturated rings. The number of unbranched alkanes of at least 4 members (excludes halogenated alkanes) is 2. The summed E-state index contributed by atoms with van der Waals surface area (Å²) in [7, 11) is 0.